The van der Waals surface area contributed by atoms with Crippen molar-refractivity contribution in [3.05, 3.63) is 23.8 Å². The lowest BCUT2D eigenvalue weighted by Gasteiger charge is -2.41. The monoisotopic (exact) mass is 585 g/mol. The largest absolute Gasteiger partial charge is 0.504 e. The number of benzene rings is 1. The summed E-state index contributed by atoms with van der Waals surface area (Å²) >= 11 is 0. The Bertz CT molecular complexity index is 1040. The standard InChI is InChI=1S/C28H40FNO11/c1-4-7-21(33)37-13-17-14-39-28(18(15-38-22(34)8-5-2)26(17)40-23(35)9-6-3)41-27(36)25(30)24(29)16-10-11-19(31)20(32)12-16/h10-12,17-18,24-26,28,31-32H,4-9,13-15,30H2,1-3H3/t17-,18-,24?,25+,26+,28?/m1/s1. The number of phenols is 2. The van der Waals surface area contributed by atoms with E-state index < -0.39 is 71.8 Å². The molecule has 13 heteroatoms. The first-order chi connectivity index (χ1) is 19.5. The minimum Gasteiger partial charge on any atom is -0.504 e. The lowest BCUT2D eigenvalue weighted by Crippen LogP contribution is -2.54. The van der Waals surface area contributed by atoms with Crippen molar-refractivity contribution in [3.8, 4) is 11.5 Å². The molecular weight excluding hydrogens is 545 g/mol. The van der Waals surface area contributed by atoms with E-state index in [1.165, 1.54) is 0 Å². The van der Waals surface area contributed by atoms with Gasteiger partial charge < -0.3 is 39.6 Å². The van der Waals surface area contributed by atoms with Gasteiger partial charge in [0.25, 0.3) is 0 Å². The van der Waals surface area contributed by atoms with Crippen molar-refractivity contribution in [1.29, 1.82) is 0 Å². The van der Waals surface area contributed by atoms with Crippen LogP contribution in [0.4, 0.5) is 4.39 Å². The van der Waals surface area contributed by atoms with Gasteiger partial charge >= 0.3 is 23.9 Å². The van der Waals surface area contributed by atoms with Gasteiger partial charge in [-0.15, -0.1) is 0 Å². The highest BCUT2D eigenvalue weighted by Gasteiger charge is 2.47. The second kappa shape index (κ2) is 16.7. The van der Waals surface area contributed by atoms with E-state index in [9.17, 15) is 29.4 Å². The van der Waals surface area contributed by atoms with Crippen LogP contribution in [0, 0.1) is 11.8 Å². The average Bonchev–Trinajstić information content (AvgIpc) is 2.93. The maximum Gasteiger partial charge on any atom is 0.328 e. The summed E-state index contributed by atoms with van der Waals surface area (Å²) in [5.41, 5.74) is 5.64. The van der Waals surface area contributed by atoms with Gasteiger partial charge in [-0.2, -0.15) is 0 Å². The molecule has 0 amide bonds. The van der Waals surface area contributed by atoms with Crippen LogP contribution in [0.3, 0.4) is 0 Å². The van der Waals surface area contributed by atoms with Crippen LogP contribution in [-0.2, 0) is 42.9 Å². The number of carbonyl (C=O) groups excluding carboxylic acids is 4. The first-order valence-corrected chi connectivity index (χ1v) is 13.8. The summed E-state index contributed by atoms with van der Waals surface area (Å²) in [5, 5.41) is 19.1. The molecule has 6 atom stereocenters. The molecule has 1 saturated heterocycles. The van der Waals surface area contributed by atoms with Crippen molar-refractivity contribution < 1.29 is 57.5 Å². The van der Waals surface area contributed by atoms with E-state index in [4.69, 9.17) is 29.4 Å². The van der Waals surface area contributed by atoms with Crippen molar-refractivity contribution in [1.82, 2.24) is 0 Å². The molecule has 12 nitrogen and oxygen atoms in total. The third kappa shape index (κ3) is 10.2. The average molecular weight is 586 g/mol. The van der Waals surface area contributed by atoms with Crippen LogP contribution >= 0.6 is 0 Å². The van der Waals surface area contributed by atoms with Gasteiger partial charge in [-0.1, -0.05) is 26.8 Å². The number of hydrogen-bond acceptors (Lipinski definition) is 12. The highest BCUT2D eigenvalue weighted by atomic mass is 19.1. The van der Waals surface area contributed by atoms with Crippen molar-refractivity contribution in [3.63, 3.8) is 0 Å². The van der Waals surface area contributed by atoms with Gasteiger partial charge in [-0.3, -0.25) is 19.2 Å². The molecule has 0 saturated carbocycles. The van der Waals surface area contributed by atoms with Gasteiger partial charge in [0.05, 0.1) is 25.0 Å². The number of halogens is 1. The molecule has 0 aliphatic carbocycles. The molecule has 4 N–H and O–H groups in total. The zero-order chi connectivity index (χ0) is 30.5. The third-order valence-electron chi connectivity index (χ3n) is 6.37. The first-order valence-electron chi connectivity index (χ1n) is 13.8. The van der Waals surface area contributed by atoms with Crippen molar-refractivity contribution >= 4 is 23.9 Å². The second-order valence-corrected chi connectivity index (χ2v) is 9.81. The summed E-state index contributed by atoms with van der Waals surface area (Å²) in [6.45, 7) is 4.68. The van der Waals surface area contributed by atoms with E-state index in [0.29, 0.717) is 19.3 Å². The van der Waals surface area contributed by atoms with Gasteiger partial charge in [-0.25, -0.2) is 4.39 Å². The molecule has 1 aliphatic rings. The molecule has 1 aliphatic heterocycles. The number of esters is 4. The van der Waals surface area contributed by atoms with Crippen molar-refractivity contribution in [2.75, 3.05) is 19.8 Å². The maximum atomic E-state index is 15.1. The molecule has 0 bridgehead atoms. The minimum absolute atomic E-state index is 0.0837. The Morgan fingerprint density at radius 1 is 0.927 bits per heavy atom. The van der Waals surface area contributed by atoms with Gasteiger partial charge in [0.1, 0.15) is 18.8 Å². The van der Waals surface area contributed by atoms with E-state index in [0.717, 1.165) is 18.2 Å². The lowest BCUT2D eigenvalue weighted by molar-refractivity contribution is -0.250. The van der Waals surface area contributed by atoms with Crippen LogP contribution in [0.15, 0.2) is 18.2 Å². The fourth-order valence-electron chi connectivity index (χ4n) is 4.15. The molecule has 0 aromatic heterocycles. The summed E-state index contributed by atoms with van der Waals surface area (Å²) in [4.78, 5) is 49.6. The Kier molecular flexibility index (Phi) is 13.8. The lowest BCUT2D eigenvalue weighted by atomic mass is 9.88. The van der Waals surface area contributed by atoms with Gasteiger partial charge in [0.15, 0.2) is 17.7 Å². The summed E-state index contributed by atoms with van der Waals surface area (Å²) in [7, 11) is 0. The Morgan fingerprint density at radius 2 is 1.51 bits per heavy atom. The first kappa shape index (κ1) is 33.8. The van der Waals surface area contributed by atoms with Crippen LogP contribution < -0.4 is 5.73 Å². The quantitative estimate of drug-likeness (QED) is 0.156. The van der Waals surface area contributed by atoms with Crippen LogP contribution in [0.5, 0.6) is 11.5 Å². The number of aromatic hydroxyl groups is 2. The topological polar surface area (TPSA) is 181 Å². The molecule has 1 fully saturated rings. The number of ether oxygens (including phenoxy) is 5. The highest BCUT2D eigenvalue weighted by Crippen LogP contribution is 2.33. The van der Waals surface area contributed by atoms with E-state index >= 15 is 4.39 Å². The molecule has 1 heterocycles. The number of alkyl halides is 1. The SMILES string of the molecule is CCCC(=O)OC[C@@H]1COC(OC(=O)[C@@H](N)C(F)c2ccc(O)c(O)c2)[C@H](COC(=O)CCC)[C@H]1OC(=O)CCC. The second-order valence-electron chi connectivity index (χ2n) is 9.81. The van der Waals surface area contributed by atoms with Crippen LogP contribution in [0.2, 0.25) is 0 Å². The van der Waals surface area contributed by atoms with Crippen LogP contribution in [-0.4, -0.2) is 72.3 Å². The Balaban J connectivity index is 2.28. The summed E-state index contributed by atoms with van der Waals surface area (Å²) in [5.74, 6) is -5.58. The minimum atomic E-state index is -2.12. The number of nitrogens with two attached hydrogens (primary N) is 1. The van der Waals surface area contributed by atoms with E-state index in [1.807, 2.05) is 6.92 Å². The molecule has 1 aromatic rings. The van der Waals surface area contributed by atoms with Gasteiger partial charge in [0, 0.05) is 19.3 Å². The molecule has 0 radical (unpaired) electrons. The predicted molar refractivity (Wildman–Crippen MR) is 141 cm³/mol. The number of hydrogen-bond donors (Lipinski definition) is 3. The highest BCUT2D eigenvalue weighted by molar-refractivity contribution is 5.77. The van der Waals surface area contributed by atoms with Crippen LogP contribution in [0.1, 0.15) is 71.0 Å². The van der Waals surface area contributed by atoms with E-state index in [2.05, 4.69) is 0 Å². The zero-order valence-electron chi connectivity index (χ0n) is 23.6. The summed E-state index contributed by atoms with van der Waals surface area (Å²) in [6, 6.07) is 1.25. The maximum absolute atomic E-state index is 15.1. The summed E-state index contributed by atoms with van der Waals surface area (Å²) in [6.07, 6.45) is -2.65. The van der Waals surface area contributed by atoms with Crippen LogP contribution in [0.25, 0.3) is 0 Å². The normalized spacial score (nSPS) is 21.8. The number of carbonyl (C=O) groups is 4. The summed E-state index contributed by atoms with van der Waals surface area (Å²) < 4.78 is 42.6. The number of rotatable bonds is 15. The molecule has 0 spiro atoms. The Hall–Kier alpha value is -3.45. The Morgan fingerprint density at radius 3 is 2.10 bits per heavy atom. The predicted octanol–water partition coefficient (Wildman–Crippen LogP) is 2.97. The van der Waals surface area contributed by atoms with E-state index in [1.54, 1.807) is 13.8 Å². The Labute approximate surface area is 238 Å². The van der Waals surface area contributed by atoms with Gasteiger partial charge in [0.2, 0.25) is 6.29 Å². The molecule has 2 unspecified atom stereocenters. The molecule has 2 rings (SSSR count). The molecular formula is C28H40FNO11. The molecule has 41 heavy (non-hydrogen) atoms. The molecule has 1 aromatic carbocycles. The third-order valence-corrected chi connectivity index (χ3v) is 6.37. The zero-order valence-corrected chi connectivity index (χ0v) is 23.6. The molecule has 230 valence electrons. The van der Waals surface area contributed by atoms with Crippen molar-refractivity contribution in [2.45, 2.75) is 83.9 Å². The van der Waals surface area contributed by atoms with Gasteiger partial charge in [-0.05, 0) is 37.0 Å². The smallest absolute Gasteiger partial charge is 0.328 e. The fraction of sp³-hybridized carbons (Fsp3) is 0.643. The number of phenolic OH excluding ortho intramolecular Hbond substituents is 2. The fourth-order valence-corrected chi connectivity index (χ4v) is 4.15. The van der Waals surface area contributed by atoms with Crippen molar-refractivity contribution in [2.24, 2.45) is 17.6 Å². The van der Waals surface area contributed by atoms with E-state index in [-0.39, 0.29) is 44.6 Å².